The van der Waals surface area contributed by atoms with Gasteiger partial charge in [0.2, 0.25) is 5.89 Å². The summed E-state index contributed by atoms with van der Waals surface area (Å²) in [6, 6.07) is 3.10. The summed E-state index contributed by atoms with van der Waals surface area (Å²) >= 11 is 8.76. The summed E-state index contributed by atoms with van der Waals surface area (Å²) in [5.74, 6) is -0.583. The van der Waals surface area contributed by atoms with Crippen LogP contribution in [0.5, 0.6) is 5.75 Å². The molecule has 174 valence electrons. The third-order valence-electron chi connectivity index (χ3n) is 4.54. The van der Waals surface area contributed by atoms with Crippen LogP contribution in [0.15, 0.2) is 27.4 Å². The molecule has 1 saturated heterocycles. The van der Waals surface area contributed by atoms with Crippen molar-refractivity contribution in [2.24, 2.45) is 0 Å². The number of carbonyl (C=O) groups excluding carboxylic acids is 2. The number of carbonyl (C=O) groups is 2. The summed E-state index contributed by atoms with van der Waals surface area (Å²) in [5, 5.41) is 10.6. The van der Waals surface area contributed by atoms with Gasteiger partial charge in [0.1, 0.15) is 23.2 Å². The molecule has 0 radical (unpaired) electrons. The molecular weight excluding hydrogens is 511 g/mol. The Morgan fingerprint density at radius 3 is 2.72 bits per heavy atom. The molecule has 0 spiro atoms. The van der Waals surface area contributed by atoms with Gasteiger partial charge in [0, 0.05) is 34.6 Å². The highest BCUT2D eigenvalue weighted by molar-refractivity contribution is 9.10. The van der Waals surface area contributed by atoms with Gasteiger partial charge in [0.05, 0.1) is 5.02 Å². The molecule has 9 nitrogen and oxygen atoms in total. The number of ether oxygens (including phenoxy) is 2. The molecule has 1 aromatic carbocycles. The first-order valence-electron chi connectivity index (χ1n) is 9.87. The van der Waals surface area contributed by atoms with Crippen LogP contribution in [0, 0.1) is 5.82 Å². The van der Waals surface area contributed by atoms with Gasteiger partial charge in [0.15, 0.2) is 6.61 Å². The number of hydrogen-bond acceptors (Lipinski definition) is 7. The molecular formula is C20H23BrClFN4O5. The third-order valence-corrected chi connectivity index (χ3v) is 5.16. The minimum atomic E-state index is -0.699. The molecule has 0 unspecified atom stereocenters. The van der Waals surface area contributed by atoms with Gasteiger partial charge in [-0.05, 0) is 45.7 Å². The van der Waals surface area contributed by atoms with Gasteiger partial charge in [-0.1, -0.05) is 11.6 Å². The second-order valence-corrected chi connectivity index (χ2v) is 9.33. The number of hydrogen-bond donors (Lipinski definition) is 1. The number of nitrogens with one attached hydrogen (secondary N) is 1. The van der Waals surface area contributed by atoms with Crippen LogP contribution in [-0.4, -0.2) is 51.9 Å². The van der Waals surface area contributed by atoms with Crippen LogP contribution < -0.4 is 10.1 Å². The molecule has 0 bridgehead atoms. The maximum absolute atomic E-state index is 13.5. The van der Waals surface area contributed by atoms with Crippen molar-refractivity contribution in [1.82, 2.24) is 20.4 Å². The predicted molar refractivity (Wildman–Crippen MR) is 116 cm³/mol. The van der Waals surface area contributed by atoms with Crippen LogP contribution in [-0.2, 0) is 9.53 Å². The highest BCUT2D eigenvalue weighted by atomic mass is 79.9. The van der Waals surface area contributed by atoms with Gasteiger partial charge >= 0.3 is 6.09 Å². The summed E-state index contributed by atoms with van der Waals surface area (Å²) in [5.41, 5.74) is -0.699. The average molecular weight is 534 g/mol. The van der Waals surface area contributed by atoms with Crippen molar-refractivity contribution in [3.05, 3.63) is 39.7 Å². The molecule has 2 atom stereocenters. The summed E-state index contributed by atoms with van der Waals surface area (Å²) in [4.78, 5) is 26.9. The minimum absolute atomic E-state index is 0.0333. The van der Waals surface area contributed by atoms with Crippen molar-refractivity contribution in [2.75, 3.05) is 13.2 Å². The summed E-state index contributed by atoms with van der Waals surface area (Å²) in [6.45, 7) is 5.17. The predicted octanol–water partition coefficient (Wildman–Crippen LogP) is 4.26. The molecule has 1 aromatic heterocycles. The zero-order valence-electron chi connectivity index (χ0n) is 17.7. The van der Waals surface area contributed by atoms with Crippen molar-refractivity contribution in [1.29, 1.82) is 0 Å². The molecule has 3 rings (SSSR count). The highest BCUT2D eigenvalue weighted by Crippen LogP contribution is 2.32. The molecule has 0 saturated carbocycles. The quantitative estimate of drug-likeness (QED) is 0.612. The number of piperidine rings is 1. The third kappa shape index (κ3) is 6.55. The summed E-state index contributed by atoms with van der Waals surface area (Å²) in [7, 11) is 0. The Hall–Kier alpha value is -2.40. The zero-order valence-corrected chi connectivity index (χ0v) is 20.1. The van der Waals surface area contributed by atoms with Gasteiger partial charge < -0.3 is 19.2 Å². The SMILES string of the molecule is CC(C)(C)OC(=O)N1C[C@H](NC(=O)COc2ccc(Cl)c(F)c2)CC[C@H]1c1nnc(Br)o1. The lowest BCUT2D eigenvalue weighted by Crippen LogP contribution is -2.52. The van der Waals surface area contributed by atoms with Crippen molar-refractivity contribution in [3.63, 3.8) is 0 Å². The van der Waals surface area contributed by atoms with Crippen LogP contribution in [0.2, 0.25) is 5.02 Å². The molecule has 1 aliphatic rings. The Balaban J connectivity index is 1.63. The molecule has 32 heavy (non-hydrogen) atoms. The Kier molecular flexibility index (Phi) is 7.60. The Bertz CT molecular complexity index is 983. The second-order valence-electron chi connectivity index (χ2n) is 8.25. The molecule has 12 heteroatoms. The van der Waals surface area contributed by atoms with E-state index in [1.807, 2.05) is 0 Å². The number of nitrogens with zero attached hydrogens (tertiary/aromatic N) is 3. The van der Waals surface area contributed by atoms with E-state index in [1.165, 1.54) is 17.0 Å². The van der Waals surface area contributed by atoms with E-state index in [-0.39, 0.29) is 40.7 Å². The molecule has 0 aliphatic carbocycles. The lowest BCUT2D eigenvalue weighted by Gasteiger charge is -2.38. The maximum Gasteiger partial charge on any atom is 0.411 e. The van der Waals surface area contributed by atoms with Gasteiger partial charge in [-0.25, -0.2) is 9.18 Å². The second kappa shape index (κ2) is 10.0. The Labute approximate surface area is 197 Å². The molecule has 1 fully saturated rings. The number of halogens is 3. The van der Waals surface area contributed by atoms with Crippen LogP contribution in [0.4, 0.5) is 9.18 Å². The van der Waals surface area contributed by atoms with E-state index < -0.39 is 29.5 Å². The maximum atomic E-state index is 13.5. The standard InChI is InChI=1S/C20H23BrClFN4O5/c1-20(2,3)32-19(29)27-9-11(4-7-15(27)17-25-26-18(21)31-17)24-16(28)10-30-12-5-6-13(22)14(23)8-12/h5-6,8,11,15H,4,7,9-10H2,1-3H3,(H,24,28)/t11-,15+/m1/s1. The fourth-order valence-corrected chi connectivity index (χ4v) is 3.57. The Morgan fingerprint density at radius 1 is 1.34 bits per heavy atom. The van der Waals surface area contributed by atoms with E-state index in [9.17, 15) is 14.0 Å². The molecule has 1 N–H and O–H groups in total. The topological polar surface area (TPSA) is 107 Å². The van der Waals surface area contributed by atoms with Gasteiger partial charge in [-0.2, -0.15) is 0 Å². The van der Waals surface area contributed by atoms with E-state index in [0.29, 0.717) is 12.8 Å². The average Bonchev–Trinajstić information content (AvgIpc) is 3.13. The lowest BCUT2D eigenvalue weighted by molar-refractivity contribution is -0.124. The number of aromatic nitrogens is 2. The van der Waals surface area contributed by atoms with Crippen molar-refractivity contribution < 1.29 is 27.9 Å². The van der Waals surface area contributed by atoms with E-state index in [0.717, 1.165) is 6.07 Å². The first-order valence-corrected chi connectivity index (χ1v) is 11.0. The highest BCUT2D eigenvalue weighted by Gasteiger charge is 2.38. The normalized spacial score (nSPS) is 18.9. The van der Waals surface area contributed by atoms with Crippen molar-refractivity contribution >= 4 is 39.5 Å². The lowest BCUT2D eigenvalue weighted by atomic mass is 9.98. The van der Waals surface area contributed by atoms with Gasteiger partial charge in [-0.15, -0.1) is 10.2 Å². The first kappa shape index (κ1) is 24.2. The zero-order chi connectivity index (χ0) is 23.5. The molecule has 2 amide bonds. The van der Waals surface area contributed by atoms with Gasteiger partial charge in [-0.3, -0.25) is 9.69 Å². The largest absolute Gasteiger partial charge is 0.484 e. The van der Waals surface area contributed by atoms with Crippen LogP contribution in [0.25, 0.3) is 0 Å². The minimum Gasteiger partial charge on any atom is -0.484 e. The Morgan fingerprint density at radius 2 is 2.09 bits per heavy atom. The number of amides is 2. The number of likely N-dealkylation sites (tertiary alicyclic amines) is 1. The number of benzene rings is 1. The molecule has 1 aliphatic heterocycles. The number of rotatable bonds is 5. The van der Waals surface area contributed by atoms with E-state index >= 15 is 0 Å². The van der Waals surface area contributed by atoms with E-state index in [4.69, 9.17) is 25.5 Å². The summed E-state index contributed by atoms with van der Waals surface area (Å²) < 4.78 is 29.8. The van der Waals surface area contributed by atoms with Gasteiger partial charge in [0.25, 0.3) is 10.7 Å². The fourth-order valence-electron chi connectivity index (χ4n) is 3.20. The smallest absolute Gasteiger partial charge is 0.411 e. The monoisotopic (exact) mass is 532 g/mol. The first-order chi connectivity index (χ1) is 15.0. The fraction of sp³-hybridized carbons (Fsp3) is 0.500. The van der Waals surface area contributed by atoms with Crippen LogP contribution in [0.3, 0.4) is 0 Å². The summed E-state index contributed by atoms with van der Waals surface area (Å²) in [6.07, 6.45) is 0.483. The van der Waals surface area contributed by atoms with E-state index in [1.54, 1.807) is 20.8 Å². The van der Waals surface area contributed by atoms with E-state index in [2.05, 4.69) is 31.4 Å². The van der Waals surface area contributed by atoms with Crippen LogP contribution in [0.1, 0.15) is 45.5 Å². The molecule has 2 heterocycles. The van der Waals surface area contributed by atoms with Crippen molar-refractivity contribution in [2.45, 2.75) is 51.3 Å². The van der Waals surface area contributed by atoms with Crippen molar-refractivity contribution in [3.8, 4) is 5.75 Å². The molecule has 2 aromatic rings. The van der Waals surface area contributed by atoms with Crippen LogP contribution >= 0.6 is 27.5 Å².